The van der Waals surface area contributed by atoms with Crippen LogP contribution in [0.4, 0.5) is 0 Å². The Balaban J connectivity index is 2.59. The molecular weight excluding hydrogens is 276 g/mol. The molecule has 2 unspecified atom stereocenters. The normalized spacial score (nSPS) is 14.4. The average molecular weight is 290 g/mol. The van der Waals surface area contributed by atoms with Crippen LogP contribution in [0.25, 0.3) is 0 Å². The summed E-state index contributed by atoms with van der Waals surface area (Å²) >= 11 is 4.23. The summed E-state index contributed by atoms with van der Waals surface area (Å²) < 4.78 is 1.54. The molecule has 17 heavy (non-hydrogen) atoms. The summed E-state index contributed by atoms with van der Waals surface area (Å²) in [6.07, 6.45) is 0. The number of carbonyl (C=O) groups is 2. The first-order chi connectivity index (χ1) is 7.90. The van der Waals surface area contributed by atoms with Crippen molar-refractivity contribution >= 4 is 46.4 Å². The molecule has 0 amide bonds. The van der Waals surface area contributed by atoms with E-state index in [0.29, 0.717) is 0 Å². The second-order valence-electron chi connectivity index (χ2n) is 3.58. The summed E-state index contributed by atoms with van der Waals surface area (Å²) in [5, 5.41) is 7.79. The number of rotatable bonds is 6. The van der Waals surface area contributed by atoms with E-state index in [1.54, 1.807) is 13.8 Å². The summed E-state index contributed by atoms with van der Waals surface area (Å²) in [4.78, 5) is 22.2. The molecule has 0 aliphatic carbocycles. The molecular formula is C10H14N2O2S3. The van der Waals surface area contributed by atoms with Crippen LogP contribution >= 0.6 is 34.9 Å². The summed E-state index contributed by atoms with van der Waals surface area (Å²) in [6, 6.07) is 0. The van der Waals surface area contributed by atoms with E-state index in [-0.39, 0.29) is 22.1 Å². The van der Waals surface area contributed by atoms with E-state index in [4.69, 9.17) is 0 Å². The Morgan fingerprint density at radius 2 is 1.35 bits per heavy atom. The molecule has 0 saturated carbocycles. The largest absolute Gasteiger partial charge is 0.299 e. The Labute approximate surface area is 113 Å². The lowest BCUT2D eigenvalue weighted by atomic mass is 10.3. The molecule has 1 rings (SSSR count). The average Bonchev–Trinajstić information content (AvgIpc) is 2.65. The van der Waals surface area contributed by atoms with Crippen molar-refractivity contribution < 1.29 is 9.59 Å². The quantitative estimate of drug-likeness (QED) is 0.751. The van der Waals surface area contributed by atoms with Crippen molar-refractivity contribution in [2.24, 2.45) is 0 Å². The maximum absolute atomic E-state index is 11.1. The third-order valence-electron chi connectivity index (χ3n) is 2.09. The van der Waals surface area contributed by atoms with E-state index < -0.39 is 0 Å². The highest BCUT2D eigenvalue weighted by Crippen LogP contribution is 2.33. The highest BCUT2D eigenvalue weighted by Gasteiger charge is 2.16. The Kier molecular flexibility index (Phi) is 5.61. The lowest BCUT2D eigenvalue weighted by molar-refractivity contribution is -0.117. The standard InChI is InChI=1S/C10H14N2O2S3/c1-5(13)7(3)15-9-11-12-10(17-9)16-8(4)6(2)14/h7-8H,1-4H3. The van der Waals surface area contributed by atoms with Crippen LogP contribution in [-0.4, -0.2) is 32.3 Å². The molecule has 0 N–H and O–H groups in total. The van der Waals surface area contributed by atoms with Gasteiger partial charge in [0, 0.05) is 0 Å². The van der Waals surface area contributed by atoms with Gasteiger partial charge in [-0.15, -0.1) is 10.2 Å². The number of carbonyl (C=O) groups excluding carboxylic acids is 2. The van der Waals surface area contributed by atoms with E-state index in [1.165, 1.54) is 34.9 Å². The van der Waals surface area contributed by atoms with Crippen LogP contribution in [0.3, 0.4) is 0 Å². The van der Waals surface area contributed by atoms with Crippen LogP contribution < -0.4 is 0 Å². The van der Waals surface area contributed by atoms with Crippen molar-refractivity contribution in [3.8, 4) is 0 Å². The fourth-order valence-electron chi connectivity index (χ4n) is 0.761. The molecule has 1 heterocycles. The number of nitrogens with zero attached hydrogens (tertiary/aromatic N) is 2. The fraction of sp³-hybridized carbons (Fsp3) is 0.600. The second-order valence-corrected chi connectivity index (χ2v) is 7.73. The molecule has 0 bridgehead atoms. The van der Waals surface area contributed by atoms with Gasteiger partial charge in [-0.05, 0) is 27.7 Å². The van der Waals surface area contributed by atoms with Gasteiger partial charge in [-0.25, -0.2) is 0 Å². The molecule has 7 heteroatoms. The molecule has 94 valence electrons. The number of thioether (sulfide) groups is 2. The fourth-order valence-corrected chi connectivity index (χ4v) is 4.07. The summed E-state index contributed by atoms with van der Waals surface area (Å²) in [5.74, 6) is 0.244. The molecule has 0 radical (unpaired) electrons. The first kappa shape index (κ1) is 14.7. The van der Waals surface area contributed by atoms with E-state index in [0.717, 1.165) is 8.68 Å². The van der Waals surface area contributed by atoms with E-state index in [9.17, 15) is 9.59 Å². The molecule has 0 spiro atoms. The van der Waals surface area contributed by atoms with Gasteiger partial charge in [-0.2, -0.15) is 0 Å². The monoisotopic (exact) mass is 290 g/mol. The molecule has 1 aromatic rings. The third-order valence-corrected chi connectivity index (χ3v) is 5.62. The smallest absolute Gasteiger partial charge is 0.175 e. The van der Waals surface area contributed by atoms with Crippen LogP contribution in [0, 0.1) is 0 Å². The first-order valence-electron chi connectivity index (χ1n) is 5.08. The minimum atomic E-state index is -0.106. The van der Waals surface area contributed by atoms with Crippen LogP contribution in [0.15, 0.2) is 8.68 Å². The topological polar surface area (TPSA) is 59.9 Å². The van der Waals surface area contributed by atoms with Gasteiger partial charge >= 0.3 is 0 Å². The SMILES string of the molecule is CC(=O)C(C)Sc1nnc(SC(C)C(C)=O)s1. The van der Waals surface area contributed by atoms with Crippen molar-refractivity contribution in [3.63, 3.8) is 0 Å². The van der Waals surface area contributed by atoms with Crippen molar-refractivity contribution in [3.05, 3.63) is 0 Å². The predicted molar refractivity (Wildman–Crippen MR) is 71.9 cm³/mol. The number of hydrogen-bond acceptors (Lipinski definition) is 7. The number of aromatic nitrogens is 2. The molecule has 0 aromatic carbocycles. The minimum Gasteiger partial charge on any atom is -0.299 e. The van der Waals surface area contributed by atoms with Gasteiger partial charge in [0.15, 0.2) is 8.68 Å². The Morgan fingerprint density at radius 3 is 1.65 bits per heavy atom. The minimum absolute atomic E-state index is 0.106. The van der Waals surface area contributed by atoms with Crippen LogP contribution in [-0.2, 0) is 9.59 Å². The van der Waals surface area contributed by atoms with Gasteiger partial charge in [0.2, 0.25) is 0 Å². The van der Waals surface area contributed by atoms with Crippen molar-refractivity contribution in [2.45, 2.75) is 46.9 Å². The Bertz CT molecular complexity index is 383. The summed E-state index contributed by atoms with van der Waals surface area (Å²) in [6.45, 7) is 6.82. The van der Waals surface area contributed by atoms with Gasteiger partial charge < -0.3 is 0 Å². The maximum atomic E-state index is 11.1. The van der Waals surface area contributed by atoms with Gasteiger partial charge in [0.25, 0.3) is 0 Å². The molecule has 4 nitrogen and oxygen atoms in total. The van der Waals surface area contributed by atoms with Crippen molar-refractivity contribution in [1.29, 1.82) is 0 Å². The zero-order valence-electron chi connectivity index (χ0n) is 10.1. The van der Waals surface area contributed by atoms with Crippen molar-refractivity contribution in [1.82, 2.24) is 10.2 Å². The van der Waals surface area contributed by atoms with E-state index in [1.807, 2.05) is 13.8 Å². The zero-order chi connectivity index (χ0) is 13.0. The zero-order valence-corrected chi connectivity index (χ0v) is 12.5. The van der Waals surface area contributed by atoms with Gasteiger partial charge in [-0.1, -0.05) is 34.9 Å². The number of ketones is 2. The van der Waals surface area contributed by atoms with Gasteiger partial charge in [0.1, 0.15) is 11.6 Å². The predicted octanol–water partition coefficient (Wildman–Crippen LogP) is 2.68. The molecule has 2 atom stereocenters. The van der Waals surface area contributed by atoms with Crippen LogP contribution in [0.2, 0.25) is 0 Å². The van der Waals surface area contributed by atoms with Crippen LogP contribution in [0.1, 0.15) is 27.7 Å². The Hall–Kier alpha value is -0.400. The van der Waals surface area contributed by atoms with E-state index in [2.05, 4.69) is 10.2 Å². The maximum Gasteiger partial charge on any atom is 0.175 e. The molecule has 0 fully saturated rings. The highest BCUT2D eigenvalue weighted by molar-refractivity contribution is 8.04. The highest BCUT2D eigenvalue weighted by atomic mass is 32.2. The number of Topliss-reactive ketones (excluding diaryl/α,β-unsaturated/α-hetero) is 2. The van der Waals surface area contributed by atoms with E-state index >= 15 is 0 Å². The molecule has 0 aliphatic heterocycles. The molecule has 0 aliphatic rings. The first-order valence-corrected chi connectivity index (χ1v) is 7.65. The Morgan fingerprint density at radius 1 is 1.00 bits per heavy atom. The second kappa shape index (κ2) is 6.51. The van der Waals surface area contributed by atoms with Gasteiger partial charge in [0.05, 0.1) is 10.5 Å². The lowest BCUT2D eigenvalue weighted by Gasteiger charge is -2.02. The summed E-state index contributed by atoms with van der Waals surface area (Å²) in [5.41, 5.74) is 0. The third kappa shape index (κ3) is 4.77. The van der Waals surface area contributed by atoms with Gasteiger partial charge in [-0.3, -0.25) is 9.59 Å². The molecule has 1 aromatic heterocycles. The molecule has 0 saturated heterocycles. The number of hydrogen-bond donors (Lipinski definition) is 0. The summed E-state index contributed by atoms with van der Waals surface area (Å²) in [7, 11) is 0. The van der Waals surface area contributed by atoms with Crippen molar-refractivity contribution in [2.75, 3.05) is 0 Å². The lowest BCUT2D eigenvalue weighted by Crippen LogP contribution is -2.07. The van der Waals surface area contributed by atoms with Crippen LogP contribution in [0.5, 0.6) is 0 Å².